The molecule has 0 bridgehead atoms. The first kappa shape index (κ1) is 28.9. The fourth-order valence-electron chi connectivity index (χ4n) is 5.08. The van der Waals surface area contributed by atoms with Crippen molar-refractivity contribution < 1.29 is 34.4 Å². The number of ether oxygens (including phenoxy) is 2. The molecule has 2 aliphatic rings. The number of carbonyl (C=O) groups excluding carboxylic acids is 2. The van der Waals surface area contributed by atoms with Crippen molar-refractivity contribution in [3.63, 3.8) is 0 Å². The molecule has 0 radical (unpaired) electrons. The molecular weight excluding hydrogens is 482 g/mol. The number of hydrogen-bond donors (Lipinski definition) is 3. The number of epoxide rings is 1. The number of ketones is 1. The average Bonchev–Trinajstić information content (AvgIpc) is 3.23. The van der Waals surface area contributed by atoms with Crippen LogP contribution >= 0.6 is 11.3 Å². The Morgan fingerprint density at radius 3 is 2.58 bits per heavy atom. The summed E-state index contributed by atoms with van der Waals surface area (Å²) >= 11 is 1.35. The molecule has 2 aliphatic heterocycles. The number of carbonyl (C=O) groups is 2. The highest BCUT2D eigenvalue weighted by Crippen LogP contribution is 2.45. The van der Waals surface area contributed by atoms with Crippen LogP contribution in [0.3, 0.4) is 0 Å². The Labute approximate surface area is 217 Å². The van der Waals surface area contributed by atoms with Gasteiger partial charge in [0.05, 0.1) is 48.0 Å². The number of aromatic nitrogens is 1. The van der Waals surface area contributed by atoms with Gasteiger partial charge in [-0.1, -0.05) is 34.1 Å². The highest BCUT2D eigenvalue weighted by molar-refractivity contribution is 7.09. The van der Waals surface area contributed by atoms with Crippen LogP contribution in [0.5, 0.6) is 0 Å². The van der Waals surface area contributed by atoms with Crippen LogP contribution in [-0.4, -0.2) is 62.1 Å². The van der Waals surface area contributed by atoms with Gasteiger partial charge in [-0.05, 0) is 44.3 Å². The lowest BCUT2D eigenvalue weighted by molar-refractivity contribution is -0.154. The van der Waals surface area contributed by atoms with Crippen molar-refractivity contribution in [1.29, 1.82) is 0 Å². The van der Waals surface area contributed by atoms with Crippen LogP contribution in [0, 0.1) is 17.3 Å². The Morgan fingerprint density at radius 2 is 1.94 bits per heavy atom. The number of aliphatic hydroxyl groups excluding tert-OH is 3. The fraction of sp³-hybridized carbons (Fsp3) is 0.741. The summed E-state index contributed by atoms with van der Waals surface area (Å²) in [4.78, 5) is 30.5. The third-order valence-corrected chi connectivity index (χ3v) is 8.85. The predicted molar refractivity (Wildman–Crippen MR) is 137 cm³/mol. The molecule has 1 aromatic rings. The van der Waals surface area contributed by atoms with E-state index in [-0.39, 0.29) is 36.4 Å². The largest absolute Gasteiger partial charge is 0.458 e. The fourth-order valence-corrected chi connectivity index (χ4v) is 5.69. The molecule has 202 valence electrons. The van der Waals surface area contributed by atoms with Crippen LogP contribution in [0.4, 0.5) is 0 Å². The van der Waals surface area contributed by atoms with Crippen LogP contribution in [0.15, 0.2) is 11.0 Å². The second-order valence-corrected chi connectivity index (χ2v) is 12.2. The Hall–Kier alpha value is -1.65. The normalized spacial score (nSPS) is 36.8. The zero-order chi connectivity index (χ0) is 26.8. The lowest BCUT2D eigenvalue weighted by atomic mass is 9.73. The average molecular weight is 524 g/mol. The monoisotopic (exact) mass is 523 g/mol. The topological polar surface area (TPSA) is 129 Å². The number of aliphatic hydroxyl groups is 3. The highest BCUT2D eigenvalue weighted by Gasteiger charge is 2.53. The van der Waals surface area contributed by atoms with Crippen molar-refractivity contribution in [1.82, 2.24) is 4.98 Å². The molecule has 3 heterocycles. The molecule has 0 aliphatic carbocycles. The van der Waals surface area contributed by atoms with Gasteiger partial charge in [0.1, 0.15) is 16.9 Å². The van der Waals surface area contributed by atoms with Crippen molar-refractivity contribution in [2.75, 3.05) is 0 Å². The number of cyclic esters (lactones) is 1. The zero-order valence-corrected chi connectivity index (χ0v) is 23.0. The Bertz CT molecular complexity index is 973. The number of rotatable bonds is 3. The van der Waals surface area contributed by atoms with Gasteiger partial charge >= 0.3 is 5.97 Å². The molecule has 8 nitrogen and oxygen atoms in total. The maximum atomic E-state index is 13.2. The van der Waals surface area contributed by atoms with E-state index in [1.54, 1.807) is 20.8 Å². The first-order chi connectivity index (χ1) is 16.8. The molecule has 3 N–H and O–H groups in total. The van der Waals surface area contributed by atoms with E-state index in [4.69, 9.17) is 9.47 Å². The third-order valence-electron chi connectivity index (χ3n) is 8.00. The lowest BCUT2D eigenvalue weighted by Gasteiger charge is -2.34. The SMILES string of the molecule is CC(=Cc1csc(CO)n1)C1C[C@@H]2O[C@]2(C)CCC[C@H](C)[C@H](O)[C@@H](C)C(=O)C(C)(C)[C@@H](O)CC(=O)O1. The Morgan fingerprint density at radius 1 is 1.25 bits per heavy atom. The number of esters is 1. The van der Waals surface area contributed by atoms with Gasteiger partial charge in [0.2, 0.25) is 0 Å². The predicted octanol–water partition coefficient (Wildman–Crippen LogP) is 3.66. The van der Waals surface area contributed by atoms with Crippen LogP contribution in [-0.2, 0) is 25.7 Å². The summed E-state index contributed by atoms with van der Waals surface area (Å²) in [6, 6.07) is 0. The smallest absolute Gasteiger partial charge is 0.309 e. The van der Waals surface area contributed by atoms with E-state index in [0.29, 0.717) is 17.1 Å². The molecule has 7 atom stereocenters. The summed E-state index contributed by atoms with van der Waals surface area (Å²) in [6.45, 7) is 10.6. The van der Waals surface area contributed by atoms with Crippen LogP contribution < -0.4 is 0 Å². The summed E-state index contributed by atoms with van der Waals surface area (Å²) < 4.78 is 11.9. The van der Waals surface area contributed by atoms with E-state index in [9.17, 15) is 24.9 Å². The number of fused-ring (bicyclic) bond motifs is 1. The minimum absolute atomic E-state index is 0.0860. The molecule has 0 spiro atoms. The zero-order valence-electron chi connectivity index (χ0n) is 22.2. The number of nitrogens with zero attached hydrogens (tertiary/aromatic N) is 1. The summed E-state index contributed by atoms with van der Waals surface area (Å²) in [5.41, 5.74) is -0.0964. The Balaban J connectivity index is 1.85. The maximum Gasteiger partial charge on any atom is 0.309 e. The summed E-state index contributed by atoms with van der Waals surface area (Å²) in [6.07, 6.45) is 1.60. The molecule has 1 aromatic heterocycles. The van der Waals surface area contributed by atoms with Gasteiger partial charge in [0, 0.05) is 17.7 Å². The first-order valence-corrected chi connectivity index (χ1v) is 13.7. The minimum Gasteiger partial charge on any atom is -0.458 e. The summed E-state index contributed by atoms with van der Waals surface area (Å²) in [5, 5.41) is 33.4. The second-order valence-electron chi connectivity index (χ2n) is 11.3. The highest BCUT2D eigenvalue weighted by atomic mass is 32.1. The van der Waals surface area contributed by atoms with Gasteiger partial charge in [-0.2, -0.15) is 0 Å². The molecule has 0 aromatic carbocycles. The molecule has 2 saturated heterocycles. The van der Waals surface area contributed by atoms with Crippen molar-refractivity contribution in [2.24, 2.45) is 17.3 Å². The molecule has 0 saturated carbocycles. The molecule has 9 heteroatoms. The molecule has 0 amide bonds. The van der Waals surface area contributed by atoms with Gasteiger partial charge in [0.25, 0.3) is 0 Å². The first-order valence-electron chi connectivity index (χ1n) is 12.8. The molecule has 1 unspecified atom stereocenters. The van der Waals surface area contributed by atoms with Gasteiger partial charge in [-0.15, -0.1) is 11.3 Å². The standard InChI is InChI=1S/C27H41NO7S/c1-15-8-7-9-27(6)21(35-27)11-19(16(2)10-18-14-36-22(13-29)28-18)34-23(31)12-20(30)26(4,5)25(33)17(3)24(15)32/h10,14-15,17,19-21,24,29-30,32H,7-9,11-13H2,1-6H3/t15-,17+,19?,20-,21-,24-,27+/m0/s1. The van der Waals surface area contributed by atoms with Crippen LogP contribution in [0.25, 0.3) is 6.08 Å². The maximum absolute atomic E-state index is 13.2. The molecular formula is C27H41NO7S. The van der Waals surface area contributed by atoms with Crippen LogP contribution in [0.1, 0.15) is 84.3 Å². The van der Waals surface area contributed by atoms with E-state index in [0.717, 1.165) is 24.8 Å². The van der Waals surface area contributed by atoms with E-state index in [1.807, 2.05) is 32.2 Å². The quantitative estimate of drug-likeness (QED) is 0.404. The van der Waals surface area contributed by atoms with Gasteiger partial charge in [0.15, 0.2) is 0 Å². The van der Waals surface area contributed by atoms with Gasteiger partial charge in [-0.25, -0.2) is 4.98 Å². The van der Waals surface area contributed by atoms with E-state index in [1.165, 1.54) is 11.3 Å². The van der Waals surface area contributed by atoms with Gasteiger partial charge in [-0.3, -0.25) is 9.59 Å². The number of hydrogen-bond acceptors (Lipinski definition) is 9. The van der Waals surface area contributed by atoms with Crippen molar-refractivity contribution >= 4 is 29.2 Å². The van der Waals surface area contributed by atoms with E-state index < -0.39 is 35.6 Å². The van der Waals surface area contributed by atoms with Gasteiger partial charge < -0.3 is 24.8 Å². The van der Waals surface area contributed by atoms with Crippen molar-refractivity contribution in [3.8, 4) is 0 Å². The molecule has 2 fully saturated rings. The molecule has 36 heavy (non-hydrogen) atoms. The summed E-state index contributed by atoms with van der Waals surface area (Å²) in [7, 11) is 0. The second kappa shape index (κ2) is 11.4. The molecule has 3 rings (SSSR count). The Kier molecular flexibility index (Phi) is 9.15. The summed E-state index contributed by atoms with van der Waals surface area (Å²) in [5.74, 6) is -1.64. The third kappa shape index (κ3) is 6.61. The van der Waals surface area contributed by atoms with Crippen molar-refractivity contribution in [3.05, 3.63) is 21.7 Å². The number of Topliss-reactive ketones (excluding diaryl/α,β-unsaturated/α-hetero) is 1. The van der Waals surface area contributed by atoms with E-state index >= 15 is 0 Å². The van der Waals surface area contributed by atoms with Crippen molar-refractivity contribution in [2.45, 2.75) is 110 Å². The number of thiazole rings is 1. The van der Waals surface area contributed by atoms with E-state index in [2.05, 4.69) is 4.98 Å². The van der Waals surface area contributed by atoms with Crippen LogP contribution in [0.2, 0.25) is 0 Å². The lowest BCUT2D eigenvalue weighted by Crippen LogP contribution is -2.45. The minimum atomic E-state index is -1.26.